The number of fused-ring (bicyclic) bond motifs is 2. The van der Waals surface area contributed by atoms with Crippen molar-refractivity contribution in [2.45, 2.75) is 94.1 Å². The van der Waals surface area contributed by atoms with E-state index in [-0.39, 0.29) is 22.3 Å². The van der Waals surface area contributed by atoms with E-state index in [1.165, 1.54) is 16.0 Å². The molecular formula is C38H47NO8S. The quantitative estimate of drug-likeness (QED) is 0.113. The zero-order valence-corrected chi connectivity index (χ0v) is 29.4. The first-order valence-corrected chi connectivity index (χ1v) is 17.7. The van der Waals surface area contributed by atoms with Gasteiger partial charge < -0.3 is 29.2 Å². The normalized spacial score (nSPS) is 17.1. The highest BCUT2D eigenvalue weighted by Gasteiger charge is 2.46. The summed E-state index contributed by atoms with van der Waals surface area (Å²) in [5.74, 6) is -0.739. The summed E-state index contributed by atoms with van der Waals surface area (Å²) in [6.07, 6.45) is 5.81. The van der Waals surface area contributed by atoms with Gasteiger partial charge in [-0.3, -0.25) is 4.90 Å². The number of hydrogen-bond donors (Lipinski definition) is 2. The second-order valence-corrected chi connectivity index (χ2v) is 13.8. The van der Waals surface area contributed by atoms with Crippen LogP contribution in [0.4, 0.5) is 0 Å². The van der Waals surface area contributed by atoms with Crippen molar-refractivity contribution in [1.29, 1.82) is 0 Å². The molecule has 2 unspecified atom stereocenters. The number of aromatic carboxylic acids is 1. The van der Waals surface area contributed by atoms with E-state index in [4.69, 9.17) is 18.9 Å². The zero-order chi connectivity index (χ0) is 34.4. The largest absolute Gasteiger partial charge is 0.493 e. The van der Waals surface area contributed by atoms with Crippen LogP contribution in [-0.2, 0) is 16.8 Å². The molecule has 0 spiro atoms. The van der Waals surface area contributed by atoms with Crippen molar-refractivity contribution in [3.8, 4) is 23.0 Å². The number of carbonyl (C=O) groups is 2. The van der Waals surface area contributed by atoms with Crippen LogP contribution in [0.25, 0.3) is 0 Å². The van der Waals surface area contributed by atoms with Gasteiger partial charge in [0.15, 0.2) is 23.0 Å². The number of hydrogen-bond acceptors (Lipinski definition) is 8. The van der Waals surface area contributed by atoms with Gasteiger partial charge in [-0.15, -0.1) is 11.8 Å². The Morgan fingerprint density at radius 3 is 2.31 bits per heavy atom. The molecule has 2 N–H and O–H groups in total. The molecule has 0 amide bonds. The summed E-state index contributed by atoms with van der Waals surface area (Å²) in [4.78, 5) is 28.0. The fourth-order valence-corrected chi connectivity index (χ4v) is 8.48. The molecule has 0 aliphatic carbocycles. The number of carboxylic acids is 2. The van der Waals surface area contributed by atoms with Gasteiger partial charge in [0, 0.05) is 22.2 Å². The number of thioether (sulfide) groups is 1. The standard InChI is InChI=1S/C38H47NO8S/c1-6-38(7-2)33-26(23-30-34(32(33)35(40)41)47-37(46-30)36(42)43)19-21-39(38)20-11-9-8-10-12-31(48-27-16-13-24(3)14-17-27)25-15-18-28(44-4)29(22-25)45-5/h13-18,22-23,31,37H,6-12,19-21H2,1-5H3,(H,40,41)(H,42,43). The van der Waals surface area contributed by atoms with Crippen molar-refractivity contribution in [3.63, 3.8) is 0 Å². The van der Waals surface area contributed by atoms with E-state index in [9.17, 15) is 19.8 Å². The van der Waals surface area contributed by atoms with Crippen LogP contribution in [-0.4, -0.2) is 60.7 Å². The minimum absolute atomic E-state index is 0.0225. The van der Waals surface area contributed by atoms with Crippen LogP contribution in [0.2, 0.25) is 0 Å². The monoisotopic (exact) mass is 677 g/mol. The lowest BCUT2D eigenvalue weighted by Crippen LogP contribution is -2.51. The highest BCUT2D eigenvalue weighted by atomic mass is 32.2. The minimum Gasteiger partial charge on any atom is -0.493 e. The molecule has 0 bridgehead atoms. The first-order valence-electron chi connectivity index (χ1n) is 16.9. The molecule has 0 aromatic heterocycles. The van der Waals surface area contributed by atoms with Crippen LogP contribution in [0.3, 0.4) is 0 Å². The summed E-state index contributed by atoms with van der Waals surface area (Å²) in [6.45, 7) is 7.95. The molecule has 258 valence electrons. The highest BCUT2D eigenvalue weighted by molar-refractivity contribution is 7.99. The van der Waals surface area contributed by atoms with Crippen molar-refractivity contribution in [1.82, 2.24) is 4.90 Å². The average molecular weight is 678 g/mol. The lowest BCUT2D eigenvalue weighted by molar-refractivity contribution is -0.154. The number of nitrogens with zero attached hydrogens (tertiary/aromatic N) is 1. The summed E-state index contributed by atoms with van der Waals surface area (Å²) < 4.78 is 22.1. The van der Waals surface area contributed by atoms with Crippen LogP contribution >= 0.6 is 11.8 Å². The molecule has 3 aromatic rings. The molecule has 0 fully saturated rings. The summed E-state index contributed by atoms with van der Waals surface area (Å²) in [7, 11) is 3.32. The molecule has 2 aliphatic rings. The van der Waals surface area contributed by atoms with Crippen LogP contribution in [0, 0.1) is 6.92 Å². The van der Waals surface area contributed by atoms with E-state index >= 15 is 0 Å². The maximum atomic E-state index is 12.7. The summed E-state index contributed by atoms with van der Waals surface area (Å²) in [5, 5.41) is 20.1. The fraction of sp³-hybridized carbons (Fsp3) is 0.474. The Kier molecular flexibility index (Phi) is 11.5. The average Bonchev–Trinajstić information content (AvgIpc) is 3.52. The maximum absolute atomic E-state index is 12.7. The van der Waals surface area contributed by atoms with E-state index < -0.39 is 23.8 Å². The van der Waals surface area contributed by atoms with Gasteiger partial charge in [-0.25, -0.2) is 9.59 Å². The van der Waals surface area contributed by atoms with Crippen molar-refractivity contribution >= 4 is 23.7 Å². The van der Waals surface area contributed by atoms with Crippen molar-refractivity contribution < 1.29 is 38.7 Å². The van der Waals surface area contributed by atoms with Crippen molar-refractivity contribution in [2.24, 2.45) is 0 Å². The van der Waals surface area contributed by atoms with Gasteiger partial charge in [0.1, 0.15) is 5.56 Å². The number of aryl methyl sites for hydroxylation is 1. The van der Waals surface area contributed by atoms with Gasteiger partial charge in [-0.2, -0.15) is 0 Å². The second kappa shape index (κ2) is 15.6. The molecule has 2 aliphatic heterocycles. The molecule has 0 saturated heterocycles. The van der Waals surface area contributed by atoms with E-state index in [2.05, 4.69) is 62.1 Å². The molecule has 48 heavy (non-hydrogen) atoms. The van der Waals surface area contributed by atoms with Crippen LogP contribution in [0.1, 0.15) is 96.7 Å². The lowest BCUT2D eigenvalue weighted by atomic mass is 9.74. The Morgan fingerprint density at radius 1 is 0.958 bits per heavy atom. The molecular weight excluding hydrogens is 630 g/mol. The van der Waals surface area contributed by atoms with Crippen LogP contribution in [0.15, 0.2) is 53.4 Å². The number of rotatable bonds is 16. The SMILES string of the molecule is CCC1(CC)c2c(cc3c(c2C(=O)O)OC(C(=O)O)O3)CCN1CCCCCCC(Sc1ccc(C)cc1)c1ccc(OC)c(OC)c1. The topological polar surface area (TPSA) is 115 Å². The Labute approximate surface area is 287 Å². The number of ether oxygens (including phenoxy) is 4. The van der Waals surface area contributed by atoms with Gasteiger partial charge in [0.25, 0.3) is 0 Å². The summed E-state index contributed by atoms with van der Waals surface area (Å²) in [6, 6.07) is 16.7. The molecule has 0 saturated carbocycles. The predicted molar refractivity (Wildman–Crippen MR) is 186 cm³/mol. The first-order chi connectivity index (χ1) is 23.1. The number of aliphatic carboxylic acids is 1. The minimum atomic E-state index is -1.54. The third-order valence-electron chi connectivity index (χ3n) is 9.82. The van der Waals surface area contributed by atoms with Gasteiger partial charge in [0.2, 0.25) is 0 Å². The third kappa shape index (κ3) is 7.25. The highest BCUT2D eigenvalue weighted by Crippen LogP contribution is 2.50. The molecule has 10 heteroatoms. The number of methoxy groups -OCH3 is 2. The smallest absolute Gasteiger partial charge is 0.387 e. The molecule has 0 radical (unpaired) electrons. The van der Waals surface area contributed by atoms with Gasteiger partial charge in [-0.05, 0) is 92.6 Å². The fourth-order valence-electron chi connectivity index (χ4n) is 7.30. The van der Waals surface area contributed by atoms with Crippen LogP contribution in [0.5, 0.6) is 23.0 Å². The maximum Gasteiger partial charge on any atom is 0.387 e. The molecule has 5 rings (SSSR count). The van der Waals surface area contributed by atoms with E-state index in [0.29, 0.717) is 6.42 Å². The number of unbranched alkanes of at least 4 members (excludes halogenated alkanes) is 3. The van der Waals surface area contributed by atoms with Crippen LogP contribution < -0.4 is 18.9 Å². The Bertz CT molecular complexity index is 1600. The second-order valence-electron chi connectivity index (χ2n) is 12.5. The van der Waals surface area contributed by atoms with Gasteiger partial charge in [-0.1, -0.05) is 56.9 Å². The zero-order valence-electron chi connectivity index (χ0n) is 28.5. The summed E-state index contributed by atoms with van der Waals surface area (Å²) >= 11 is 1.88. The number of benzene rings is 3. The molecule has 3 aromatic carbocycles. The Hall–Kier alpha value is -3.89. The third-order valence-corrected chi connectivity index (χ3v) is 11.2. The number of carboxylic acid groups (broad SMARTS) is 2. The van der Waals surface area contributed by atoms with Crippen molar-refractivity contribution in [3.05, 3.63) is 76.3 Å². The van der Waals surface area contributed by atoms with Crippen molar-refractivity contribution in [2.75, 3.05) is 27.3 Å². The summed E-state index contributed by atoms with van der Waals surface area (Å²) in [5.41, 5.74) is 3.63. The lowest BCUT2D eigenvalue weighted by Gasteiger charge is -2.48. The first kappa shape index (κ1) is 35.4. The predicted octanol–water partition coefficient (Wildman–Crippen LogP) is 8.25. The molecule has 2 atom stereocenters. The Morgan fingerprint density at radius 2 is 1.67 bits per heavy atom. The van der Waals surface area contributed by atoms with E-state index in [1.54, 1.807) is 20.3 Å². The molecule has 2 heterocycles. The van der Waals surface area contributed by atoms with E-state index in [0.717, 1.165) is 80.7 Å². The van der Waals surface area contributed by atoms with Gasteiger partial charge in [0.05, 0.1) is 14.2 Å². The van der Waals surface area contributed by atoms with Gasteiger partial charge >= 0.3 is 18.2 Å². The Balaban J connectivity index is 1.26. The van der Waals surface area contributed by atoms with E-state index in [1.807, 2.05) is 17.8 Å². The molecule has 9 nitrogen and oxygen atoms in total.